The minimum absolute atomic E-state index is 0.0443. The molecule has 0 bridgehead atoms. The number of ether oxygens (including phenoxy) is 3. The van der Waals surface area contributed by atoms with E-state index in [1.807, 2.05) is 19.1 Å². The zero-order valence-corrected chi connectivity index (χ0v) is 44.9. The maximum Gasteiger partial charge on any atom is 0.305 e. The lowest BCUT2D eigenvalue weighted by Gasteiger charge is -2.40. The van der Waals surface area contributed by atoms with Crippen molar-refractivity contribution in [2.45, 2.75) is 275 Å². The van der Waals surface area contributed by atoms with E-state index in [4.69, 9.17) is 14.2 Å². The second kappa shape index (κ2) is 49.3. The van der Waals surface area contributed by atoms with E-state index in [0.717, 1.165) is 96.3 Å². The third-order valence-electron chi connectivity index (χ3n) is 13.1. The number of hydrogen-bond donors (Lipinski definition) is 6. The number of carbonyl (C=O) groups excluding carboxylic acids is 2. The maximum atomic E-state index is 13.0. The fourth-order valence-electron chi connectivity index (χ4n) is 8.52. The largest absolute Gasteiger partial charge is 0.466 e. The van der Waals surface area contributed by atoms with Crippen LogP contribution in [0.2, 0.25) is 0 Å². The second-order valence-electron chi connectivity index (χ2n) is 19.7. The van der Waals surface area contributed by atoms with Crippen molar-refractivity contribution in [2.24, 2.45) is 0 Å². The van der Waals surface area contributed by atoms with Gasteiger partial charge in [-0.2, -0.15) is 0 Å². The fraction of sp³-hybridized carbons (Fsp3) is 0.767. The van der Waals surface area contributed by atoms with Crippen LogP contribution in [0.25, 0.3) is 0 Å². The van der Waals surface area contributed by atoms with Gasteiger partial charge in [0.1, 0.15) is 24.4 Å². The van der Waals surface area contributed by atoms with Gasteiger partial charge >= 0.3 is 5.97 Å². The van der Waals surface area contributed by atoms with Crippen molar-refractivity contribution in [1.82, 2.24) is 5.32 Å². The normalized spacial score (nSPS) is 19.7. The van der Waals surface area contributed by atoms with E-state index in [1.54, 1.807) is 6.08 Å². The molecule has 1 aliphatic rings. The average Bonchev–Trinajstić information content (AvgIpc) is 3.37. The summed E-state index contributed by atoms with van der Waals surface area (Å²) in [7, 11) is 0. The van der Waals surface area contributed by atoms with E-state index in [9.17, 15) is 35.1 Å². The van der Waals surface area contributed by atoms with Gasteiger partial charge < -0.3 is 45.1 Å². The Kier molecular flexibility index (Phi) is 45.9. The number of hydrogen-bond acceptors (Lipinski definition) is 10. The molecule has 0 aliphatic carbocycles. The summed E-state index contributed by atoms with van der Waals surface area (Å²) in [5.74, 6) is -0.268. The Hall–Kier alpha value is -2.90. The summed E-state index contributed by atoms with van der Waals surface area (Å²) in [6.07, 6.45) is 54.6. The number of carbonyl (C=O) groups is 2. The molecule has 11 heteroatoms. The number of aliphatic hydroxyl groups is 5. The summed E-state index contributed by atoms with van der Waals surface area (Å²) >= 11 is 0. The molecule has 0 spiro atoms. The van der Waals surface area contributed by atoms with E-state index in [2.05, 4.69) is 66.9 Å². The van der Waals surface area contributed by atoms with Gasteiger partial charge in [-0.25, -0.2) is 0 Å². The Morgan fingerprint density at radius 1 is 0.549 bits per heavy atom. The van der Waals surface area contributed by atoms with Crippen LogP contribution in [0, 0.1) is 0 Å². The maximum absolute atomic E-state index is 13.0. The molecule has 1 rings (SSSR count). The predicted molar refractivity (Wildman–Crippen MR) is 292 cm³/mol. The molecule has 1 saturated heterocycles. The van der Waals surface area contributed by atoms with Crippen molar-refractivity contribution < 1.29 is 49.3 Å². The quantitative estimate of drug-likeness (QED) is 0.0149. The summed E-state index contributed by atoms with van der Waals surface area (Å²) in [6, 6.07) is -0.851. The highest BCUT2D eigenvalue weighted by Gasteiger charge is 2.44. The number of amides is 1. The molecule has 1 heterocycles. The Balaban J connectivity index is 2.08. The lowest BCUT2D eigenvalue weighted by atomic mass is 9.99. The predicted octanol–water partition coefficient (Wildman–Crippen LogP) is 12.8. The zero-order chi connectivity index (χ0) is 51.7. The lowest BCUT2D eigenvalue weighted by molar-refractivity contribution is -0.302. The van der Waals surface area contributed by atoms with Gasteiger partial charge in [0, 0.05) is 12.8 Å². The summed E-state index contributed by atoms with van der Waals surface area (Å²) in [6.45, 7) is 3.99. The second-order valence-corrected chi connectivity index (χ2v) is 19.7. The molecule has 1 amide bonds. The van der Waals surface area contributed by atoms with Crippen LogP contribution in [-0.2, 0) is 23.8 Å². The summed E-state index contributed by atoms with van der Waals surface area (Å²) < 4.78 is 16.6. The van der Waals surface area contributed by atoms with Crippen molar-refractivity contribution in [3.05, 3.63) is 72.9 Å². The molecule has 410 valence electrons. The molecule has 7 unspecified atom stereocenters. The van der Waals surface area contributed by atoms with Crippen LogP contribution in [-0.4, -0.2) is 100 Å². The van der Waals surface area contributed by atoms with Crippen LogP contribution in [0.15, 0.2) is 72.9 Å². The van der Waals surface area contributed by atoms with Gasteiger partial charge in [-0.3, -0.25) is 9.59 Å². The topological polar surface area (TPSA) is 175 Å². The van der Waals surface area contributed by atoms with Crippen LogP contribution < -0.4 is 5.32 Å². The molecule has 71 heavy (non-hydrogen) atoms. The molecule has 0 aromatic heterocycles. The molecule has 0 aromatic rings. The van der Waals surface area contributed by atoms with Gasteiger partial charge in [0.25, 0.3) is 0 Å². The molecular weight excluding hydrogens is 895 g/mol. The van der Waals surface area contributed by atoms with Gasteiger partial charge in [-0.05, 0) is 110 Å². The Bertz CT molecular complexity index is 1410. The van der Waals surface area contributed by atoms with Crippen molar-refractivity contribution in [3.63, 3.8) is 0 Å². The number of aliphatic hydroxyl groups excluding tert-OH is 5. The Morgan fingerprint density at radius 2 is 1.01 bits per heavy atom. The minimum atomic E-state index is -1.59. The number of unbranched alkanes of at least 4 members (excludes halogenated alkanes) is 26. The number of nitrogens with one attached hydrogen (secondary N) is 1. The highest BCUT2D eigenvalue weighted by atomic mass is 16.7. The van der Waals surface area contributed by atoms with E-state index < -0.39 is 49.5 Å². The van der Waals surface area contributed by atoms with Crippen LogP contribution in [0.1, 0.15) is 232 Å². The van der Waals surface area contributed by atoms with E-state index in [-0.39, 0.29) is 18.5 Å². The first-order valence-electron chi connectivity index (χ1n) is 28.7. The first-order valence-corrected chi connectivity index (χ1v) is 28.7. The van der Waals surface area contributed by atoms with Crippen LogP contribution in [0.4, 0.5) is 0 Å². The van der Waals surface area contributed by atoms with Crippen molar-refractivity contribution in [2.75, 3.05) is 19.8 Å². The number of esters is 1. The average molecular weight is 1000 g/mol. The highest BCUT2D eigenvalue weighted by Crippen LogP contribution is 2.23. The van der Waals surface area contributed by atoms with Crippen molar-refractivity contribution in [3.8, 4) is 0 Å². The third kappa shape index (κ3) is 39.3. The van der Waals surface area contributed by atoms with Gasteiger partial charge in [0.05, 0.1) is 32.0 Å². The van der Waals surface area contributed by atoms with Crippen LogP contribution in [0.5, 0.6) is 0 Å². The van der Waals surface area contributed by atoms with Gasteiger partial charge in [-0.1, -0.05) is 183 Å². The first-order chi connectivity index (χ1) is 34.7. The van der Waals surface area contributed by atoms with Crippen LogP contribution in [0.3, 0.4) is 0 Å². The molecule has 0 saturated carbocycles. The summed E-state index contributed by atoms with van der Waals surface area (Å²) in [5.41, 5.74) is 0. The molecule has 11 nitrogen and oxygen atoms in total. The van der Waals surface area contributed by atoms with Gasteiger partial charge in [0.2, 0.25) is 5.91 Å². The first kappa shape index (κ1) is 66.1. The minimum Gasteiger partial charge on any atom is -0.466 e. The number of rotatable bonds is 48. The van der Waals surface area contributed by atoms with Crippen molar-refractivity contribution >= 4 is 11.9 Å². The summed E-state index contributed by atoms with van der Waals surface area (Å²) in [4.78, 5) is 25.1. The molecule has 0 radical (unpaired) electrons. The van der Waals surface area contributed by atoms with Crippen molar-refractivity contribution in [1.29, 1.82) is 0 Å². The Morgan fingerprint density at radius 3 is 1.56 bits per heavy atom. The van der Waals surface area contributed by atoms with E-state index >= 15 is 0 Å². The number of allylic oxidation sites excluding steroid dienone is 11. The Labute approximate surface area is 432 Å². The van der Waals surface area contributed by atoms with Gasteiger partial charge in [-0.15, -0.1) is 0 Å². The molecule has 1 fully saturated rings. The fourth-order valence-corrected chi connectivity index (χ4v) is 8.52. The molecular formula is C60H105NO10. The SMILES string of the molecule is C/C=C/CC/C=C/CC/C=C/C(O)C(COC1OC(CO)C(O)C(O)C1O)NC(=O)CCCCCCCC/C=C\C=C/CCCCCOC(=O)CCCCCCCCCCC/C=C\CCCCCCCC. The third-order valence-corrected chi connectivity index (χ3v) is 13.1. The molecule has 6 N–H and O–H groups in total. The lowest BCUT2D eigenvalue weighted by Crippen LogP contribution is -2.60. The van der Waals surface area contributed by atoms with E-state index in [1.165, 1.54) is 96.3 Å². The monoisotopic (exact) mass is 1000 g/mol. The molecule has 7 atom stereocenters. The standard InChI is InChI=1S/C60H105NO10/c1-3-5-7-9-11-13-14-15-16-17-18-19-22-25-28-32-36-40-44-48-56(65)69-49-45-41-37-33-29-26-23-20-21-24-27-31-35-39-43-47-55(64)61-52(53(63)46-42-38-34-30-12-10-8-6-4-2)51-70-60-59(68)58(67)57(66)54(50-62)71-60/h4,6,12,15-16,20,23,26,29-30,42,46,52-54,57-60,62-63,66-68H,3,5,7-11,13-14,17-19,21-22,24-25,27-28,31-41,43-45,47-51H2,1-2H3,(H,61,64)/b6-4+,16-15-,23-20-,29-26-,30-12+,46-42+. The zero-order valence-electron chi connectivity index (χ0n) is 44.9. The molecule has 1 aliphatic heterocycles. The van der Waals surface area contributed by atoms with E-state index in [0.29, 0.717) is 32.3 Å². The van der Waals surface area contributed by atoms with Gasteiger partial charge in [0.15, 0.2) is 6.29 Å². The highest BCUT2D eigenvalue weighted by molar-refractivity contribution is 5.76. The molecule has 0 aromatic carbocycles. The summed E-state index contributed by atoms with van der Waals surface area (Å²) in [5, 5.41) is 54.1. The smallest absolute Gasteiger partial charge is 0.305 e. The van der Waals surface area contributed by atoms with Crippen LogP contribution >= 0.6 is 0 Å².